The van der Waals surface area contributed by atoms with Crippen molar-refractivity contribution in [2.24, 2.45) is 0 Å². The number of hydrogen-bond donors (Lipinski definition) is 1. The lowest BCUT2D eigenvalue weighted by atomic mass is 10.3. The SMILES string of the molecule is Cc1cc(Cn2c(=S)[nH]c3c(F)cc(F)cc32)on1. The highest BCUT2D eigenvalue weighted by atomic mass is 32.1. The van der Waals surface area contributed by atoms with Crippen LogP contribution in [0.1, 0.15) is 11.5 Å². The molecule has 0 aliphatic rings. The first-order chi connectivity index (χ1) is 9.04. The standard InChI is InChI=1S/C12H9F2N3OS/c1-6-2-8(18-16-6)5-17-10-4-7(13)3-9(14)11(10)15-12(17)19/h2-4H,5H2,1H3,(H,15,19). The second-order valence-corrected chi connectivity index (χ2v) is 4.62. The van der Waals surface area contributed by atoms with Crippen LogP contribution in [-0.2, 0) is 6.54 Å². The van der Waals surface area contributed by atoms with Crippen LogP contribution < -0.4 is 0 Å². The molecule has 2 heterocycles. The van der Waals surface area contributed by atoms with Gasteiger partial charge >= 0.3 is 0 Å². The van der Waals surface area contributed by atoms with Gasteiger partial charge in [-0.3, -0.25) is 0 Å². The van der Waals surface area contributed by atoms with Crippen LogP contribution >= 0.6 is 12.2 Å². The molecule has 1 aromatic carbocycles. The Hall–Kier alpha value is -2.02. The maximum absolute atomic E-state index is 13.6. The number of halogens is 2. The van der Waals surface area contributed by atoms with Crippen LogP contribution in [0.3, 0.4) is 0 Å². The number of nitrogens with one attached hydrogen (secondary N) is 1. The topological polar surface area (TPSA) is 46.8 Å². The van der Waals surface area contributed by atoms with Crippen LogP contribution in [0.2, 0.25) is 0 Å². The highest BCUT2D eigenvalue weighted by Gasteiger charge is 2.12. The van der Waals surface area contributed by atoms with Gasteiger partial charge < -0.3 is 14.1 Å². The Labute approximate surface area is 111 Å². The van der Waals surface area contributed by atoms with Gasteiger partial charge in [0.2, 0.25) is 0 Å². The molecular weight excluding hydrogens is 272 g/mol. The van der Waals surface area contributed by atoms with E-state index in [0.717, 1.165) is 11.8 Å². The predicted octanol–water partition coefficient (Wildman–Crippen LogP) is 3.32. The van der Waals surface area contributed by atoms with Crippen molar-refractivity contribution in [3.8, 4) is 0 Å². The van der Waals surface area contributed by atoms with Crippen molar-refractivity contribution < 1.29 is 13.3 Å². The first-order valence-corrected chi connectivity index (χ1v) is 5.95. The molecule has 0 saturated carbocycles. The van der Waals surface area contributed by atoms with Crippen LogP contribution in [0.25, 0.3) is 11.0 Å². The lowest BCUT2D eigenvalue weighted by molar-refractivity contribution is 0.373. The molecule has 0 radical (unpaired) electrons. The van der Waals surface area contributed by atoms with Crippen molar-refractivity contribution in [3.05, 3.63) is 46.1 Å². The summed E-state index contributed by atoms with van der Waals surface area (Å²) in [5.74, 6) is -0.755. The number of aromatic amines is 1. The predicted molar refractivity (Wildman–Crippen MR) is 67.4 cm³/mol. The largest absolute Gasteiger partial charge is 0.359 e. The Morgan fingerprint density at radius 1 is 1.37 bits per heavy atom. The highest BCUT2D eigenvalue weighted by molar-refractivity contribution is 7.71. The van der Waals surface area contributed by atoms with Crippen molar-refractivity contribution in [2.45, 2.75) is 13.5 Å². The van der Waals surface area contributed by atoms with Gasteiger partial charge in [-0.2, -0.15) is 0 Å². The summed E-state index contributed by atoms with van der Waals surface area (Å²) in [7, 11) is 0. The van der Waals surface area contributed by atoms with E-state index in [-0.39, 0.29) is 12.1 Å². The lowest BCUT2D eigenvalue weighted by Crippen LogP contribution is -1.99. The molecule has 0 aliphatic heterocycles. The molecule has 0 aliphatic carbocycles. The van der Waals surface area contributed by atoms with Crippen LogP contribution in [0.4, 0.5) is 8.78 Å². The minimum absolute atomic E-state index is 0.183. The number of hydrogen-bond acceptors (Lipinski definition) is 3. The number of nitrogens with zero attached hydrogens (tertiary/aromatic N) is 2. The number of rotatable bonds is 2. The number of H-pyrrole nitrogens is 1. The summed E-state index contributed by atoms with van der Waals surface area (Å²) < 4.78 is 33.9. The number of fused-ring (bicyclic) bond motifs is 1. The fourth-order valence-electron chi connectivity index (χ4n) is 1.98. The molecule has 0 atom stereocenters. The molecule has 0 bridgehead atoms. The van der Waals surface area contributed by atoms with Gasteiger partial charge in [-0.1, -0.05) is 5.16 Å². The van der Waals surface area contributed by atoms with Gasteiger partial charge in [0.25, 0.3) is 0 Å². The van der Waals surface area contributed by atoms with Crippen molar-refractivity contribution >= 4 is 23.3 Å². The summed E-state index contributed by atoms with van der Waals surface area (Å²) in [6.45, 7) is 2.06. The van der Waals surface area contributed by atoms with E-state index in [0.29, 0.717) is 16.0 Å². The van der Waals surface area contributed by atoms with E-state index in [1.165, 1.54) is 6.07 Å². The highest BCUT2D eigenvalue weighted by Crippen LogP contribution is 2.20. The quantitative estimate of drug-likeness (QED) is 0.733. The number of aromatic nitrogens is 3. The van der Waals surface area contributed by atoms with Gasteiger partial charge in [0.1, 0.15) is 11.3 Å². The van der Waals surface area contributed by atoms with Gasteiger partial charge in [-0.05, 0) is 25.2 Å². The van der Waals surface area contributed by atoms with E-state index in [1.807, 2.05) is 0 Å². The smallest absolute Gasteiger partial charge is 0.178 e. The van der Waals surface area contributed by atoms with E-state index in [2.05, 4.69) is 10.1 Å². The van der Waals surface area contributed by atoms with Crippen LogP contribution in [0.5, 0.6) is 0 Å². The van der Waals surface area contributed by atoms with Crippen LogP contribution in [-0.4, -0.2) is 14.7 Å². The first kappa shape index (κ1) is 12.0. The van der Waals surface area contributed by atoms with Gasteiger partial charge in [-0.25, -0.2) is 8.78 Å². The zero-order chi connectivity index (χ0) is 13.6. The summed E-state index contributed by atoms with van der Waals surface area (Å²) in [5.41, 5.74) is 1.28. The minimum Gasteiger partial charge on any atom is -0.359 e. The maximum atomic E-state index is 13.6. The number of imidazole rings is 1. The normalized spacial score (nSPS) is 11.3. The number of benzene rings is 1. The number of aryl methyl sites for hydroxylation is 1. The zero-order valence-corrected chi connectivity index (χ0v) is 10.7. The average Bonchev–Trinajstić information content (AvgIpc) is 2.87. The van der Waals surface area contributed by atoms with E-state index < -0.39 is 11.6 Å². The van der Waals surface area contributed by atoms with Crippen molar-refractivity contribution in [3.63, 3.8) is 0 Å². The second kappa shape index (κ2) is 4.27. The first-order valence-electron chi connectivity index (χ1n) is 5.54. The monoisotopic (exact) mass is 281 g/mol. The average molecular weight is 281 g/mol. The molecule has 7 heteroatoms. The Bertz CT molecular complexity index is 818. The van der Waals surface area contributed by atoms with Gasteiger partial charge in [0.05, 0.1) is 17.8 Å². The van der Waals surface area contributed by atoms with Gasteiger partial charge in [0.15, 0.2) is 16.3 Å². The van der Waals surface area contributed by atoms with Crippen LogP contribution in [0.15, 0.2) is 22.7 Å². The van der Waals surface area contributed by atoms with Gasteiger partial charge in [0, 0.05) is 12.1 Å². The Morgan fingerprint density at radius 3 is 2.84 bits per heavy atom. The van der Waals surface area contributed by atoms with Crippen molar-refractivity contribution in [1.29, 1.82) is 0 Å². The lowest BCUT2D eigenvalue weighted by Gasteiger charge is -2.01. The summed E-state index contributed by atoms with van der Waals surface area (Å²) >= 11 is 5.12. The minimum atomic E-state index is -0.673. The zero-order valence-electron chi connectivity index (χ0n) is 9.91. The molecule has 0 unspecified atom stereocenters. The van der Waals surface area contributed by atoms with E-state index >= 15 is 0 Å². The van der Waals surface area contributed by atoms with Crippen molar-refractivity contribution in [1.82, 2.24) is 14.7 Å². The molecule has 0 saturated heterocycles. The molecule has 2 aromatic heterocycles. The molecule has 1 N–H and O–H groups in total. The molecule has 4 nitrogen and oxygen atoms in total. The van der Waals surface area contributed by atoms with Gasteiger partial charge in [-0.15, -0.1) is 0 Å². The third kappa shape index (κ3) is 2.06. The Balaban J connectivity index is 2.18. The molecule has 3 aromatic rings. The third-order valence-corrected chi connectivity index (χ3v) is 3.12. The summed E-state index contributed by atoms with van der Waals surface area (Å²) in [6, 6.07) is 3.79. The summed E-state index contributed by atoms with van der Waals surface area (Å²) in [5, 5.41) is 3.76. The fraction of sp³-hybridized carbons (Fsp3) is 0.167. The molecule has 98 valence electrons. The molecule has 0 fully saturated rings. The molecule has 19 heavy (non-hydrogen) atoms. The summed E-state index contributed by atoms with van der Waals surface area (Å²) in [6.07, 6.45) is 0. The molecule has 0 spiro atoms. The molecular formula is C12H9F2N3OS. The van der Waals surface area contributed by atoms with Crippen LogP contribution in [0, 0.1) is 23.3 Å². The fourth-order valence-corrected chi connectivity index (χ4v) is 2.25. The Morgan fingerprint density at radius 2 is 2.16 bits per heavy atom. The van der Waals surface area contributed by atoms with E-state index in [4.69, 9.17) is 16.7 Å². The molecule has 0 amide bonds. The maximum Gasteiger partial charge on any atom is 0.178 e. The van der Waals surface area contributed by atoms with E-state index in [1.54, 1.807) is 17.6 Å². The van der Waals surface area contributed by atoms with E-state index in [9.17, 15) is 8.78 Å². The molecule has 3 rings (SSSR count). The third-order valence-electron chi connectivity index (χ3n) is 2.79. The Kier molecular flexibility index (Phi) is 2.70. The van der Waals surface area contributed by atoms with Crippen molar-refractivity contribution in [2.75, 3.05) is 0 Å². The summed E-state index contributed by atoms with van der Waals surface area (Å²) in [4.78, 5) is 2.72. The second-order valence-electron chi connectivity index (χ2n) is 4.23.